The van der Waals surface area contributed by atoms with Crippen molar-refractivity contribution in [2.75, 3.05) is 13.2 Å². The third kappa shape index (κ3) is 3.51. The predicted octanol–water partition coefficient (Wildman–Crippen LogP) is 1.60. The van der Waals surface area contributed by atoms with Crippen LogP contribution in [0.3, 0.4) is 0 Å². The highest BCUT2D eigenvalue weighted by molar-refractivity contribution is 6.06. The minimum Gasteiger partial charge on any atom is -0.490 e. The van der Waals surface area contributed by atoms with Gasteiger partial charge in [0.25, 0.3) is 11.8 Å². The molecule has 0 unspecified atom stereocenters. The van der Waals surface area contributed by atoms with Crippen LogP contribution in [0.25, 0.3) is 0 Å². The van der Waals surface area contributed by atoms with E-state index in [1.54, 1.807) is 6.92 Å². The second kappa shape index (κ2) is 7.82. The van der Waals surface area contributed by atoms with Crippen molar-refractivity contribution in [2.24, 2.45) is 28.8 Å². The predicted molar refractivity (Wildman–Crippen MR) is 105 cm³/mol. The Hall–Kier alpha value is -3.76. The van der Waals surface area contributed by atoms with E-state index in [-0.39, 0.29) is 47.3 Å². The van der Waals surface area contributed by atoms with Gasteiger partial charge >= 0.3 is 11.7 Å². The van der Waals surface area contributed by atoms with Crippen molar-refractivity contribution in [2.45, 2.75) is 13.3 Å². The van der Waals surface area contributed by atoms with Crippen molar-refractivity contribution in [3.63, 3.8) is 0 Å². The summed E-state index contributed by atoms with van der Waals surface area (Å²) in [5.41, 5.74) is -0.330. The fraction of sp³-hybridized carbons (Fsp3) is 0.400. The molecule has 11 nitrogen and oxygen atoms in total. The Balaban J connectivity index is 1.63. The van der Waals surface area contributed by atoms with Gasteiger partial charge < -0.3 is 14.6 Å². The SMILES string of the molecule is CCOc1cc(C=NN2C(=O)[C@@H]3[C@H](C2=O)[C@H]2C=C[C@H]3C2)cc([N+](=O)[O-])c1OCC(=O)O. The summed E-state index contributed by atoms with van der Waals surface area (Å²) in [6, 6.07) is 2.48. The monoisotopic (exact) mass is 429 g/mol. The van der Waals surface area contributed by atoms with Gasteiger partial charge in [-0.3, -0.25) is 19.7 Å². The number of rotatable bonds is 8. The second-order valence-electron chi connectivity index (χ2n) is 7.47. The summed E-state index contributed by atoms with van der Waals surface area (Å²) in [6.45, 7) is 1.00. The number of carbonyl (C=O) groups is 3. The van der Waals surface area contributed by atoms with Gasteiger partial charge in [0, 0.05) is 11.6 Å². The molecule has 4 atom stereocenters. The molecule has 4 rings (SSSR count). The number of carboxylic acid groups (broad SMARTS) is 1. The molecule has 1 saturated carbocycles. The van der Waals surface area contributed by atoms with E-state index in [1.165, 1.54) is 12.3 Å². The summed E-state index contributed by atoms with van der Waals surface area (Å²) in [6.07, 6.45) is 5.91. The van der Waals surface area contributed by atoms with Crippen LogP contribution in [0.4, 0.5) is 5.69 Å². The number of carbonyl (C=O) groups excluding carboxylic acids is 2. The fourth-order valence-electron chi connectivity index (χ4n) is 4.48. The van der Waals surface area contributed by atoms with Gasteiger partial charge in [-0.25, -0.2) is 4.79 Å². The van der Waals surface area contributed by atoms with Gasteiger partial charge in [0.15, 0.2) is 12.4 Å². The first kappa shape index (κ1) is 20.5. The van der Waals surface area contributed by atoms with Crippen molar-refractivity contribution < 1.29 is 33.9 Å². The molecule has 3 aliphatic rings. The highest BCUT2D eigenvalue weighted by Gasteiger charge is 2.59. The minimum absolute atomic E-state index is 0.0439. The number of fused-ring (bicyclic) bond motifs is 5. The Morgan fingerprint density at radius 2 is 1.90 bits per heavy atom. The number of nitro benzene ring substituents is 1. The third-order valence-corrected chi connectivity index (χ3v) is 5.66. The molecule has 2 bridgehead atoms. The van der Waals surface area contributed by atoms with E-state index in [1.807, 2.05) is 12.2 Å². The number of benzene rings is 1. The number of nitro groups is 1. The van der Waals surface area contributed by atoms with Crippen molar-refractivity contribution in [1.82, 2.24) is 5.01 Å². The standard InChI is InChI=1S/C20H19N3O8/c1-2-30-14-6-10(5-13(23(28)29)18(14)31-9-15(24)25)8-21-22-19(26)16-11-3-4-12(7-11)17(16)20(22)27/h3-6,8,11-12,16-17H,2,7,9H2,1H3,(H,24,25)/t11-,12-,16-,17+/m0/s1. The lowest BCUT2D eigenvalue weighted by Gasteiger charge is -2.13. The van der Waals surface area contributed by atoms with Crippen LogP contribution in [0.5, 0.6) is 11.5 Å². The number of hydrogen-bond acceptors (Lipinski definition) is 8. The lowest BCUT2D eigenvalue weighted by atomic mass is 9.85. The van der Waals surface area contributed by atoms with Gasteiger partial charge in [0.2, 0.25) is 5.75 Å². The quantitative estimate of drug-likeness (QED) is 0.215. The maximum absolute atomic E-state index is 12.7. The zero-order valence-corrected chi connectivity index (χ0v) is 16.5. The topological polar surface area (TPSA) is 149 Å². The number of amides is 2. The molecule has 0 aromatic heterocycles. The van der Waals surface area contributed by atoms with Crippen molar-refractivity contribution in [3.05, 3.63) is 40.0 Å². The molecule has 11 heteroatoms. The second-order valence-corrected chi connectivity index (χ2v) is 7.47. The van der Waals surface area contributed by atoms with E-state index in [0.717, 1.165) is 17.5 Å². The van der Waals surface area contributed by atoms with Crippen molar-refractivity contribution >= 4 is 29.7 Å². The number of carboxylic acids is 1. The molecule has 31 heavy (non-hydrogen) atoms. The number of ether oxygens (including phenoxy) is 2. The molecule has 2 aliphatic carbocycles. The van der Waals surface area contributed by atoms with E-state index in [9.17, 15) is 24.5 Å². The van der Waals surface area contributed by atoms with Crippen molar-refractivity contribution in [3.8, 4) is 11.5 Å². The number of hydrazone groups is 1. The number of nitrogens with zero attached hydrogens (tertiary/aromatic N) is 3. The Kier molecular flexibility index (Phi) is 5.17. The van der Waals surface area contributed by atoms with Gasteiger partial charge in [-0.1, -0.05) is 12.2 Å². The number of hydrogen-bond donors (Lipinski definition) is 1. The molecule has 162 valence electrons. The number of imide groups is 1. The molecule has 2 fully saturated rings. The third-order valence-electron chi connectivity index (χ3n) is 5.66. The highest BCUT2D eigenvalue weighted by Crippen LogP contribution is 2.52. The van der Waals surface area contributed by atoms with Gasteiger partial charge in [-0.05, 0) is 31.2 Å². The van der Waals surface area contributed by atoms with Crippen molar-refractivity contribution in [1.29, 1.82) is 0 Å². The maximum Gasteiger partial charge on any atom is 0.341 e. The summed E-state index contributed by atoms with van der Waals surface area (Å²) in [7, 11) is 0. The van der Waals surface area contributed by atoms with E-state index in [4.69, 9.17) is 14.6 Å². The highest BCUT2D eigenvalue weighted by atomic mass is 16.6. The largest absolute Gasteiger partial charge is 0.490 e. The summed E-state index contributed by atoms with van der Waals surface area (Å²) in [5, 5.41) is 25.2. The first-order valence-corrected chi connectivity index (χ1v) is 9.71. The summed E-state index contributed by atoms with van der Waals surface area (Å²) >= 11 is 0. The summed E-state index contributed by atoms with van der Waals surface area (Å²) in [4.78, 5) is 47.0. The lowest BCUT2D eigenvalue weighted by Crippen LogP contribution is -2.28. The fourth-order valence-corrected chi connectivity index (χ4v) is 4.48. The Morgan fingerprint density at radius 1 is 1.26 bits per heavy atom. The average molecular weight is 429 g/mol. The van der Waals surface area contributed by atoms with E-state index in [2.05, 4.69) is 5.10 Å². The Labute approximate surface area is 176 Å². The molecule has 1 aromatic carbocycles. The van der Waals surface area contributed by atoms with Crippen LogP contribution in [0.2, 0.25) is 0 Å². The van der Waals surface area contributed by atoms with Gasteiger partial charge in [0.05, 0.1) is 29.6 Å². The van der Waals surface area contributed by atoms with E-state index >= 15 is 0 Å². The minimum atomic E-state index is -1.30. The van der Waals surface area contributed by atoms with Crippen LogP contribution >= 0.6 is 0 Å². The lowest BCUT2D eigenvalue weighted by molar-refractivity contribution is -0.385. The van der Waals surface area contributed by atoms with Gasteiger partial charge in [-0.2, -0.15) is 10.1 Å². The zero-order chi connectivity index (χ0) is 22.3. The number of aliphatic carboxylic acids is 1. The molecule has 0 spiro atoms. The van der Waals surface area contributed by atoms with Gasteiger partial charge in [-0.15, -0.1) is 0 Å². The molecule has 1 aromatic rings. The van der Waals surface area contributed by atoms with Crippen LogP contribution in [0.1, 0.15) is 18.9 Å². The Morgan fingerprint density at radius 3 is 2.45 bits per heavy atom. The van der Waals surface area contributed by atoms with E-state index in [0.29, 0.717) is 0 Å². The molecule has 1 saturated heterocycles. The normalized spacial score (nSPS) is 26.0. The molecular formula is C20H19N3O8. The van der Waals surface area contributed by atoms with Crippen LogP contribution in [0, 0.1) is 33.8 Å². The zero-order valence-electron chi connectivity index (χ0n) is 16.5. The summed E-state index contributed by atoms with van der Waals surface area (Å²) in [5.74, 6) is -3.13. The molecule has 0 radical (unpaired) electrons. The molecular weight excluding hydrogens is 410 g/mol. The molecule has 1 aliphatic heterocycles. The average Bonchev–Trinajstić information content (AvgIpc) is 3.39. The first-order chi connectivity index (χ1) is 14.8. The molecule has 1 heterocycles. The van der Waals surface area contributed by atoms with Gasteiger partial charge in [0.1, 0.15) is 0 Å². The van der Waals surface area contributed by atoms with Crippen LogP contribution in [0.15, 0.2) is 29.4 Å². The van der Waals surface area contributed by atoms with Crippen LogP contribution in [-0.4, -0.2) is 52.3 Å². The molecule has 1 N–H and O–H groups in total. The molecule has 2 amide bonds. The maximum atomic E-state index is 12.7. The van der Waals surface area contributed by atoms with Crippen LogP contribution in [-0.2, 0) is 14.4 Å². The van der Waals surface area contributed by atoms with E-state index < -0.39 is 35.0 Å². The smallest absolute Gasteiger partial charge is 0.341 e. The first-order valence-electron chi connectivity index (χ1n) is 9.71. The number of allylic oxidation sites excluding steroid dienone is 2. The summed E-state index contributed by atoms with van der Waals surface area (Å²) < 4.78 is 10.4. The Bertz CT molecular complexity index is 1000. The van der Waals surface area contributed by atoms with Crippen LogP contribution < -0.4 is 9.47 Å².